The lowest BCUT2D eigenvalue weighted by Crippen LogP contribution is -2.11. The number of hydrogen-bond donors (Lipinski definition) is 1. The summed E-state index contributed by atoms with van der Waals surface area (Å²) in [6, 6.07) is 6.36. The van der Waals surface area contributed by atoms with E-state index in [1.807, 2.05) is 18.7 Å². The summed E-state index contributed by atoms with van der Waals surface area (Å²) in [7, 11) is 4.10. The van der Waals surface area contributed by atoms with Gasteiger partial charge in [0, 0.05) is 26.2 Å². The van der Waals surface area contributed by atoms with E-state index < -0.39 is 0 Å². The van der Waals surface area contributed by atoms with Gasteiger partial charge in [0.05, 0.1) is 5.69 Å². The number of aromatic amines is 1. The number of H-pyrrole nitrogens is 1. The van der Waals surface area contributed by atoms with Gasteiger partial charge in [-0.1, -0.05) is 13.0 Å². The molecule has 102 valence electrons. The van der Waals surface area contributed by atoms with E-state index in [-0.39, 0.29) is 0 Å². The van der Waals surface area contributed by atoms with Gasteiger partial charge in [-0.2, -0.15) is 5.10 Å². The Labute approximate surface area is 119 Å². The summed E-state index contributed by atoms with van der Waals surface area (Å²) < 4.78 is 2.67. The van der Waals surface area contributed by atoms with Gasteiger partial charge in [0.2, 0.25) is 0 Å². The van der Waals surface area contributed by atoms with Crippen LogP contribution in [-0.2, 0) is 6.42 Å². The zero-order chi connectivity index (χ0) is 14.0. The fourth-order valence-electron chi connectivity index (χ4n) is 2.21. The quantitative estimate of drug-likeness (QED) is 0.871. The molecule has 0 atom stereocenters. The van der Waals surface area contributed by atoms with Crippen molar-refractivity contribution in [2.45, 2.75) is 26.7 Å². The number of rotatable bonds is 4. The van der Waals surface area contributed by atoms with Crippen LogP contribution in [-0.4, -0.2) is 28.9 Å². The van der Waals surface area contributed by atoms with Gasteiger partial charge in [0.1, 0.15) is 5.82 Å². The van der Waals surface area contributed by atoms with E-state index in [9.17, 15) is 0 Å². The van der Waals surface area contributed by atoms with Gasteiger partial charge in [0.25, 0.3) is 0 Å². The largest absolute Gasteiger partial charge is 0.377 e. The van der Waals surface area contributed by atoms with Crippen LogP contribution < -0.4 is 4.90 Å². The first-order valence-electron chi connectivity index (χ1n) is 6.49. The van der Waals surface area contributed by atoms with E-state index in [0.29, 0.717) is 4.77 Å². The Morgan fingerprint density at radius 1 is 1.37 bits per heavy atom. The fraction of sp³-hybridized carbons (Fsp3) is 0.429. The topological polar surface area (TPSA) is 36.9 Å². The minimum absolute atomic E-state index is 0.650. The van der Waals surface area contributed by atoms with Gasteiger partial charge >= 0.3 is 0 Å². The molecule has 4 nitrogen and oxygen atoms in total. The summed E-state index contributed by atoms with van der Waals surface area (Å²) in [6.45, 7) is 4.25. The highest BCUT2D eigenvalue weighted by molar-refractivity contribution is 7.71. The predicted octanol–water partition coefficient (Wildman–Crippen LogP) is 3.26. The first-order valence-corrected chi connectivity index (χ1v) is 6.90. The molecular weight excluding hydrogens is 256 g/mol. The zero-order valence-electron chi connectivity index (χ0n) is 11.9. The molecular formula is C14H20N4S. The van der Waals surface area contributed by atoms with E-state index in [4.69, 9.17) is 12.2 Å². The first kappa shape index (κ1) is 13.8. The smallest absolute Gasteiger partial charge is 0.199 e. The molecule has 0 radical (unpaired) electrons. The maximum absolute atomic E-state index is 5.34. The third kappa shape index (κ3) is 2.71. The highest BCUT2D eigenvalue weighted by Gasteiger charge is 2.09. The number of nitrogens with zero attached hydrogens (tertiary/aromatic N) is 3. The lowest BCUT2D eigenvalue weighted by molar-refractivity contribution is 0.801. The van der Waals surface area contributed by atoms with Crippen LogP contribution in [0.1, 0.15) is 24.7 Å². The van der Waals surface area contributed by atoms with Crippen LogP contribution in [0.3, 0.4) is 0 Å². The molecule has 0 saturated carbocycles. The Morgan fingerprint density at radius 2 is 2.11 bits per heavy atom. The Morgan fingerprint density at radius 3 is 2.74 bits per heavy atom. The van der Waals surface area contributed by atoms with Crippen molar-refractivity contribution in [2.75, 3.05) is 19.0 Å². The van der Waals surface area contributed by atoms with Crippen molar-refractivity contribution in [3.8, 4) is 5.69 Å². The minimum Gasteiger partial charge on any atom is -0.377 e. The van der Waals surface area contributed by atoms with Crippen molar-refractivity contribution < 1.29 is 0 Å². The minimum atomic E-state index is 0.650. The van der Waals surface area contributed by atoms with Crippen molar-refractivity contribution in [2.24, 2.45) is 0 Å². The molecule has 1 aromatic heterocycles. The Hall–Kier alpha value is -1.62. The zero-order valence-corrected chi connectivity index (χ0v) is 12.7. The monoisotopic (exact) mass is 276 g/mol. The highest BCUT2D eigenvalue weighted by Crippen LogP contribution is 2.23. The van der Waals surface area contributed by atoms with Crippen LogP contribution >= 0.6 is 12.2 Å². The lowest BCUT2D eigenvalue weighted by Gasteiger charge is -2.17. The van der Waals surface area contributed by atoms with E-state index in [1.54, 1.807) is 0 Å². The lowest BCUT2D eigenvalue weighted by atomic mass is 10.1. The molecule has 5 heteroatoms. The molecule has 0 unspecified atom stereocenters. The summed E-state index contributed by atoms with van der Waals surface area (Å²) in [6.07, 6.45) is 1.96. The van der Waals surface area contributed by atoms with Crippen LogP contribution in [0.5, 0.6) is 0 Å². The average Bonchev–Trinajstić information content (AvgIpc) is 2.72. The number of aryl methyl sites for hydroxylation is 2. The molecule has 1 heterocycles. The van der Waals surface area contributed by atoms with Gasteiger partial charge in [-0.05, 0) is 43.3 Å². The molecule has 1 N–H and O–H groups in total. The molecule has 0 fully saturated rings. The summed E-state index contributed by atoms with van der Waals surface area (Å²) >= 11 is 5.34. The van der Waals surface area contributed by atoms with E-state index >= 15 is 0 Å². The summed E-state index contributed by atoms with van der Waals surface area (Å²) in [5.41, 5.74) is 3.51. The molecule has 2 rings (SSSR count). The number of nitrogens with one attached hydrogen (secondary N) is 1. The van der Waals surface area contributed by atoms with E-state index in [0.717, 1.165) is 24.4 Å². The van der Waals surface area contributed by atoms with E-state index in [1.165, 1.54) is 11.3 Å². The number of aromatic nitrogens is 3. The predicted molar refractivity (Wildman–Crippen MR) is 81.8 cm³/mol. The normalized spacial score (nSPS) is 10.7. The van der Waals surface area contributed by atoms with Crippen LogP contribution in [0.4, 0.5) is 5.69 Å². The van der Waals surface area contributed by atoms with Crippen LogP contribution in [0.25, 0.3) is 5.69 Å². The molecule has 0 aliphatic heterocycles. The molecule has 2 aromatic rings. The van der Waals surface area contributed by atoms with Gasteiger partial charge in [0.15, 0.2) is 4.77 Å². The van der Waals surface area contributed by atoms with Gasteiger partial charge in [-0.3, -0.25) is 9.67 Å². The van der Waals surface area contributed by atoms with Crippen molar-refractivity contribution in [1.82, 2.24) is 14.8 Å². The Balaban J connectivity index is 2.56. The number of hydrogen-bond acceptors (Lipinski definition) is 3. The maximum atomic E-state index is 5.34. The SMILES string of the molecule is CCCc1n[nH]c(=S)n1-c1ccc(C)c(N(C)C)c1. The third-order valence-corrected chi connectivity index (χ3v) is 3.42. The Kier molecular flexibility index (Phi) is 4.04. The van der Waals surface area contributed by atoms with Crippen LogP contribution in [0, 0.1) is 11.7 Å². The van der Waals surface area contributed by atoms with Crippen molar-refractivity contribution >= 4 is 17.9 Å². The van der Waals surface area contributed by atoms with Crippen LogP contribution in [0.2, 0.25) is 0 Å². The maximum Gasteiger partial charge on any atom is 0.199 e. The van der Waals surface area contributed by atoms with Crippen molar-refractivity contribution in [3.63, 3.8) is 0 Å². The molecule has 1 aromatic carbocycles. The number of benzene rings is 1. The molecule has 19 heavy (non-hydrogen) atoms. The molecule has 0 aliphatic rings. The first-order chi connectivity index (χ1) is 9.04. The second-order valence-electron chi connectivity index (χ2n) is 4.90. The van der Waals surface area contributed by atoms with Crippen molar-refractivity contribution in [1.29, 1.82) is 0 Å². The van der Waals surface area contributed by atoms with Gasteiger partial charge in [-0.15, -0.1) is 0 Å². The van der Waals surface area contributed by atoms with Gasteiger partial charge < -0.3 is 4.90 Å². The summed E-state index contributed by atoms with van der Waals surface area (Å²) in [4.78, 5) is 2.11. The number of anilines is 1. The third-order valence-electron chi connectivity index (χ3n) is 3.15. The second-order valence-corrected chi connectivity index (χ2v) is 5.28. The summed E-state index contributed by atoms with van der Waals surface area (Å²) in [5.74, 6) is 0.987. The van der Waals surface area contributed by atoms with Gasteiger partial charge in [-0.25, -0.2) is 0 Å². The van der Waals surface area contributed by atoms with Crippen molar-refractivity contribution in [3.05, 3.63) is 34.4 Å². The molecule has 0 aliphatic carbocycles. The second kappa shape index (κ2) is 5.57. The van der Waals surface area contributed by atoms with Crippen LogP contribution in [0.15, 0.2) is 18.2 Å². The standard InChI is InChI=1S/C14H20N4S/c1-5-6-13-15-16-14(19)18(13)11-8-7-10(2)12(9-11)17(3)4/h7-9H,5-6H2,1-4H3,(H,16,19). The summed E-state index contributed by atoms with van der Waals surface area (Å²) in [5, 5.41) is 7.20. The molecule has 0 amide bonds. The molecule has 0 saturated heterocycles. The average molecular weight is 276 g/mol. The molecule has 0 spiro atoms. The highest BCUT2D eigenvalue weighted by atomic mass is 32.1. The van der Waals surface area contributed by atoms with E-state index in [2.05, 4.69) is 47.1 Å². The molecule has 0 bridgehead atoms. The Bertz CT molecular complexity index is 625. The fourth-order valence-corrected chi connectivity index (χ4v) is 2.46.